The third kappa shape index (κ3) is 3.83. The number of amides is 1. The number of sulfonamides is 1. The summed E-state index contributed by atoms with van der Waals surface area (Å²) in [5, 5.41) is 0. The first-order valence-electron chi connectivity index (χ1n) is 10.2. The van der Waals surface area contributed by atoms with Gasteiger partial charge in [-0.2, -0.15) is 4.31 Å². The highest BCUT2D eigenvalue weighted by molar-refractivity contribution is 7.89. The van der Waals surface area contributed by atoms with E-state index >= 15 is 0 Å². The third-order valence-electron chi connectivity index (χ3n) is 5.80. The normalized spacial score (nSPS) is 19.9. The van der Waals surface area contributed by atoms with E-state index in [1.807, 2.05) is 6.92 Å². The van der Waals surface area contributed by atoms with Crippen LogP contribution in [0.4, 0.5) is 10.2 Å². The van der Waals surface area contributed by atoms with Crippen molar-refractivity contribution in [3.63, 3.8) is 0 Å². The van der Waals surface area contributed by atoms with Crippen LogP contribution in [0, 0.1) is 12.7 Å². The Bertz CT molecular complexity index is 1090. The lowest BCUT2D eigenvalue weighted by Crippen LogP contribution is -2.40. The van der Waals surface area contributed by atoms with Crippen molar-refractivity contribution in [2.75, 3.05) is 17.2 Å². The minimum atomic E-state index is -3.39. The van der Waals surface area contributed by atoms with Crippen LogP contribution in [0.5, 0.6) is 0 Å². The number of benzene rings is 1. The Morgan fingerprint density at radius 3 is 2.77 bits per heavy atom. The summed E-state index contributed by atoms with van der Waals surface area (Å²) in [5.41, 5.74) is 2.10. The number of aryl methyl sites for hydroxylation is 1. The third-order valence-corrected chi connectivity index (χ3v) is 7.68. The van der Waals surface area contributed by atoms with E-state index in [0.29, 0.717) is 35.9 Å². The molecule has 9 heteroatoms. The van der Waals surface area contributed by atoms with Gasteiger partial charge in [-0.05, 0) is 44.4 Å². The zero-order chi connectivity index (χ0) is 21.5. The SMILES string of the molecule is CCS(=O)(=O)N1CCCC[C@H]1c1nc(C)c2c(n1)N(Cc1cccc(F)c1)C(=O)C2. The Labute approximate surface area is 176 Å². The van der Waals surface area contributed by atoms with E-state index in [9.17, 15) is 17.6 Å². The Hall–Kier alpha value is -2.39. The van der Waals surface area contributed by atoms with E-state index in [2.05, 4.69) is 9.97 Å². The van der Waals surface area contributed by atoms with Crippen LogP contribution < -0.4 is 4.90 Å². The summed E-state index contributed by atoms with van der Waals surface area (Å²) < 4.78 is 40.3. The predicted molar refractivity (Wildman–Crippen MR) is 111 cm³/mol. The lowest BCUT2D eigenvalue weighted by Gasteiger charge is -2.33. The van der Waals surface area contributed by atoms with Gasteiger partial charge in [0.15, 0.2) is 0 Å². The second-order valence-corrected chi connectivity index (χ2v) is 9.99. The maximum Gasteiger partial charge on any atom is 0.233 e. The summed E-state index contributed by atoms with van der Waals surface area (Å²) >= 11 is 0. The largest absolute Gasteiger partial charge is 0.292 e. The molecule has 0 N–H and O–H groups in total. The first-order chi connectivity index (χ1) is 14.3. The van der Waals surface area contributed by atoms with E-state index in [0.717, 1.165) is 18.4 Å². The molecular formula is C21H25FN4O3S. The van der Waals surface area contributed by atoms with Crippen molar-refractivity contribution in [2.45, 2.75) is 52.1 Å². The van der Waals surface area contributed by atoms with Crippen LogP contribution in [0.15, 0.2) is 24.3 Å². The Morgan fingerprint density at radius 1 is 1.23 bits per heavy atom. The van der Waals surface area contributed by atoms with Crippen LogP contribution >= 0.6 is 0 Å². The van der Waals surface area contributed by atoms with Crippen molar-refractivity contribution < 1.29 is 17.6 Å². The van der Waals surface area contributed by atoms with Gasteiger partial charge in [0, 0.05) is 17.8 Å². The molecular weight excluding hydrogens is 407 g/mol. The van der Waals surface area contributed by atoms with E-state index in [-0.39, 0.29) is 30.4 Å². The van der Waals surface area contributed by atoms with Crippen molar-refractivity contribution in [1.82, 2.24) is 14.3 Å². The highest BCUT2D eigenvalue weighted by Gasteiger charge is 2.37. The first kappa shape index (κ1) is 20.9. The lowest BCUT2D eigenvalue weighted by atomic mass is 10.0. The molecule has 0 unspecified atom stereocenters. The highest BCUT2D eigenvalue weighted by Crippen LogP contribution is 2.36. The van der Waals surface area contributed by atoms with Crippen LogP contribution in [0.3, 0.4) is 0 Å². The van der Waals surface area contributed by atoms with Crippen molar-refractivity contribution >= 4 is 21.7 Å². The molecule has 1 aromatic heterocycles. The number of aromatic nitrogens is 2. The number of nitrogens with zero attached hydrogens (tertiary/aromatic N) is 4. The molecule has 0 bridgehead atoms. The Balaban J connectivity index is 1.72. The summed E-state index contributed by atoms with van der Waals surface area (Å²) in [6.45, 7) is 4.12. The molecule has 0 radical (unpaired) electrons. The van der Waals surface area contributed by atoms with Crippen molar-refractivity contribution in [1.29, 1.82) is 0 Å². The summed E-state index contributed by atoms with van der Waals surface area (Å²) in [6.07, 6.45) is 2.55. The van der Waals surface area contributed by atoms with Crippen molar-refractivity contribution in [3.05, 3.63) is 52.7 Å². The number of halogens is 1. The second kappa shape index (κ2) is 8.03. The molecule has 2 aromatic rings. The minimum absolute atomic E-state index is 0.0254. The minimum Gasteiger partial charge on any atom is -0.292 e. The fourth-order valence-electron chi connectivity index (χ4n) is 4.19. The van der Waals surface area contributed by atoms with Crippen LogP contribution in [-0.2, 0) is 27.8 Å². The lowest BCUT2D eigenvalue weighted by molar-refractivity contribution is -0.117. The topological polar surface area (TPSA) is 83.5 Å². The van der Waals surface area contributed by atoms with E-state index in [4.69, 9.17) is 0 Å². The highest BCUT2D eigenvalue weighted by atomic mass is 32.2. The molecule has 2 aliphatic heterocycles. The number of hydrogen-bond donors (Lipinski definition) is 0. The molecule has 7 nitrogen and oxygen atoms in total. The fraction of sp³-hybridized carbons (Fsp3) is 0.476. The standard InChI is InChI=1S/C21H25FN4O3S/c1-3-30(28,29)26-10-5-4-9-18(26)20-23-14(2)17-12-19(27)25(21(17)24-20)13-15-7-6-8-16(22)11-15/h6-8,11,18H,3-5,9-10,12-13H2,1-2H3/t18-/m0/s1. The molecule has 1 amide bonds. The monoisotopic (exact) mass is 432 g/mol. The maximum absolute atomic E-state index is 13.6. The Morgan fingerprint density at radius 2 is 2.03 bits per heavy atom. The number of anilines is 1. The van der Waals surface area contributed by atoms with Gasteiger partial charge in [0.05, 0.1) is 24.8 Å². The molecule has 3 heterocycles. The second-order valence-electron chi connectivity index (χ2n) is 7.78. The van der Waals surface area contributed by atoms with Crippen molar-refractivity contribution in [3.8, 4) is 0 Å². The van der Waals surface area contributed by atoms with Gasteiger partial charge in [0.25, 0.3) is 0 Å². The fourth-order valence-corrected chi connectivity index (χ4v) is 5.52. The molecule has 0 saturated carbocycles. The van der Waals surface area contributed by atoms with Gasteiger partial charge in [0.1, 0.15) is 17.5 Å². The van der Waals surface area contributed by atoms with Gasteiger partial charge in [-0.25, -0.2) is 22.8 Å². The molecule has 1 fully saturated rings. The summed E-state index contributed by atoms with van der Waals surface area (Å²) in [5.74, 6) is 0.484. The van der Waals surface area contributed by atoms with Crippen molar-refractivity contribution in [2.24, 2.45) is 0 Å². The van der Waals surface area contributed by atoms with Gasteiger partial charge in [-0.1, -0.05) is 18.6 Å². The first-order valence-corrected chi connectivity index (χ1v) is 11.8. The number of rotatable bonds is 5. The zero-order valence-corrected chi connectivity index (χ0v) is 18.0. The average molecular weight is 433 g/mol. The number of piperidine rings is 1. The molecule has 1 aromatic carbocycles. The van der Waals surface area contributed by atoms with Gasteiger partial charge in [-0.3, -0.25) is 9.69 Å². The molecule has 0 aliphatic carbocycles. The zero-order valence-electron chi connectivity index (χ0n) is 17.1. The van der Waals surface area contributed by atoms with E-state index in [1.54, 1.807) is 24.0 Å². The molecule has 30 heavy (non-hydrogen) atoms. The number of hydrogen-bond acceptors (Lipinski definition) is 5. The van der Waals surface area contributed by atoms with Gasteiger partial charge >= 0.3 is 0 Å². The number of fused-ring (bicyclic) bond motifs is 1. The van der Waals surface area contributed by atoms with Crippen LogP contribution in [0.25, 0.3) is 0 Å². The van der Waals surface area contributed by atoms with Crippen LogP contribution in [-0.4, -0.2) is 40.9 Å². The van der Waals surface area contributed by atoms with Gasteiger partial charge in [0.2, 0.25) is 15.9 Å². The molecule has 4 rings (SSSR count). The molecule has 1 atom stereocenters. The van der Waals surface area contributed by atoms with Crippen LogP contribution in [0.1, 0.15) is 54.9 Å². The van der Waals surface area contributed by atoms with Crippen LogP contribution in [0.2, 0.25) is 0 Å². The summed E-state index contributed by atoms with van der Waals surface area (Å²) in [6, 6.07) is 5.70. The summed E-state index contributed by atoms with van der Waals surface area (Å²) in [4.78, 5) is 23.5. The maximum atomic E-state index is 13.6. The predicted octanol–water partition coefficient (Wildman–Crippen LogP) is 2.89. The number of carbonyl (C=O) groups excluding carboxylic acids is 1. The smallest absolute Gasteiger partial charge is 0.233 e. The Kier molecular flexibility index (Phi) is 5.59. The number of carbonyl (C=O) groups is 1. The summed E-state index contributed by atoms with van der Waals surface area (Å²) in [7, 11) is -3.39. The van der Waals surface area contributed by atoms with Gasteiger partial charge in [-0.15, -0.1) is 0 Å². The molecule has 160 valence electrons. The van der Waals surface area contributed by atoms with Gasteiger partial charge < -0.3 is 0 Å². The molecule has 0 spiro atoms. The molecule has 2 aliphatic rings. The quantitative estimate of drug-likeness (QED) is 0.726. The molecule has 1 saturated heterocycles. The van der Waals surface area contributed by atoms with E-state index < -0.39 is 16.1 Å². The van der Waals surface area contributed by atoms with E-state index in [1.165, 1.54) is 16.4 Å². The average Bonchev–Trinajstić information content (AvgIpc) is 3.04.